The van der Waals surface area contributed by atoms with E-state index in [1.54, 1.807) is 11.8 Å². The van der Waals surface area contributed by atoms with Gasteiger partial charge in [-0.15, -0.1) is 0 Å². The first-order chi connectivity index (χ1) is 7.47. The maximum atomic E-state index is 11.2. The van der Waals surface area contributed by atoms with Crippen molar-refractivity contribution in [2.24, 2.45) is 0 Å². The van der Waals surface area contributed by atoms with E-state index in [4.69, 9.17) is 10.2 Å². The molecule has 16 heavy (non-hydrogen) atoms. The van der Waals surface area contributed by atoms with Crippen molar-refractivity contribution >= 4 is 29.6 Å². The molecule has 1 atom stereocenters. The maximum absolute atomic E-state index is 11.2. The maximum Gasteiger partial charge on any atom is 0.326 e. The number of carboxylic acids is 2. The molecule has 0 aliphatic heterocycles. The number of carboxylic acid groups (broad SMARTS) is 2. The fraction of sp³-hybridized carbons (Fsp3) is 0.667. The van der Waals surface area contributed by atoms with Crippen LogP contribution in [-0.4, -0.2) is 46.1 Å². The molecule has 0 bridgehead atoms. The molecule has 92 valence electrons. The summed E-state index contributed by atoms with van der Waals surface area (Å²) in [5.41, 5.74) is 0. The Hall–Kier alpha value is -1.24. The molecule has 0 saturated carbocycles. The van der Waals surface area contributed by atoms with Gasteiger partial charge in [-0.2, -0.15) is 11.8 Å². The summed E-state index contributed by atoms with van der Waals surface area (Å²) >= 11 is 1.59. The van der Waals surface area contributed by atoms with E-state index in [2.05, 4.69) is 5.32 Å². The molecule has 7 heteroatoms. The molecule has 6 nitrogen and oxygen atoms in total. The van der Waals surface area contributed by atoms with Crippen LogP contribution in [0.3, 0.4) is 0 Å². The summed E-state index contributed by atoms with van der Waals surface area (Å²) in [6.45, 7) is 0. The second kappa shape index (κ2) is 7.98. The van der Waals surface area contributed by atoms with Crippen molar-refractivity contribution in [3.8, 4) is 0 Å². The lowest BCUT2D eigenvalue weighted by Gasteiger charge is -2.11. The molecule has 1 amide bonds. The van der Waals surface area contributed by atoms with Gasteiger partial charge in [-0.05, 0) is 18.4 Å². The molecule has 0 radical (unpaired) electrons. The lowest BCUT2D eigenvalue weighted by atomic mass is 10.2. The van der Waals surface area contributed by atoms with Gasteiger partial charge in [0.15, 0.2) is 0 Å². The van der Waals surface area contributed by atoms with Crippen LogP contribution >= 0.6 is 11.8 Å². The summed E-state index contributed by atoms with van der Waals surface area (Å²) in [4.78, 5) is 32.2. The third-order valence-corrected chi connectivity index (χ3v) is 2.46. The van der Waals surface area contributed by atoms with E-state index in [1.807, 2.05) is 6.26 Å². The number of hydrogen-bond acceptors (Lipinski definition) is 4. The number of hydrogen-bond donors (Lipinski definition) is 3. The molecule has 0 aliphatic rings. The summed E-state index contributed by atoms with van der Waals surface area (Å²) in [5.74, 6) is -2.20. The largest absolute Gasteiger partial charge is 0.481 e. The van der Waals surface area contributed by atoms with E-state index in [-0.39, 0.29) is 6.42 Å². The molecule has 0 aromatic carbocycles. The first-order valence-corrected chi connectivity index (χ1v) is 6.09. The number of aliphatic carboxylic acids is 2. The van der Waals surface area contributed by atoms with E-state index in [0.717, 1.165) is 5.75 Å². The molecule has 0 spiro atoms. The Labute approximate surface area is 97.4 Å². The minimum absolute atomic E-state index is 0.213. The van der Waals surface area contributed by atoms with E-state index < -0.39 is 30.3 Å². The van der Waals surface area contributed by atoms with E-state index in [9.17, 15) is 14.4 Å². The second-order valence-electron chi connectivity index (χ2n) is 3.15. The third-order valence-electron chi connectivity index (χ3n) is 1.76. The van der Waals surface area contributed by atoms with Crippen LogP contribution in [0.25, 0.3) is 0 Å². The first kappa shape index (κ1) is 14.8. The highest BCUT2D eigenvalue weighted by Gasteiger charge is 2.22. The number of nitrogens with one attached hydrogen (secondary N) is 1. The summed E-state index contributed by atoms with van der Waals surface area (Å²) in [5, 5.41) is 19.3. The van der Waals surface area contributed by atoms with Gasteiger partial charge in [0.1, 0.15) is 6.04 Å². The smallest absolute Gasteiger partial charge is 0.326 e. The van der Waals surface area contributed by atoms with E-state index >= 15 is 0 Å². The molecule has 1 unspecified atom stereocenters. The van der Waals surface area contributed by atoms with Crippen LogP contribution < -0.4 is 5.32 Å². The van der Waals surface area contributed by atoms with Crippen LogP contribution in [0.5, 0.6) is 0 Å². The van der Waals surface area contributed by atoms with Crippen molar-refractivity contribution in [2.75, 3.05) is 12.0 Å². The van der Waals surface area contributed by atoms with Gasteiger partial charge in [0, 0.05) is 6.42 Å². The Morgan fingerprint density at radius 3 is 2.38 bits per heavy atom. The van der Waals surface area contributed by atoms with Crippen molar-refractivity contribution in [2.45, 2.75) is 25.3 Å². The molecule has 3 N–H and O–H groups in total. The third kappa shape index (κ3) is 7.10. The van der Waals surface area contributed by atoms with Crippen LogP contribution in [0.1, 0.15) is 19.3 Å². The van der Waals surface area contributed by atoms with Gasteiger partial charge in [0.2, 0.25) is 5.91 Å². The lowest BCUT2D eigenvalue weighted by Crippen LogP contribution is -2.42. The topological polar surface area (TPSA) is 104 Å². The van der Waals surface area contributed by atoms with E-state index in [0.29, 0.717) is 6.42 Å². The van der Waals surface area contributed by atoms with Crippen molar-refractivity contribution in [3.63, 3.8) is 0 Å². The summed E-state index contributed by atoms with van der Waals surface area (Å²) in [6, 6.07) is -1.35. The fourth-order valence-corrected chi connectivity index (χ4v) is 1.45. The highest BCUT2D eigenvalue weighted by Crippen LogP contribution is 2.00. The minimum atomic E-state index is -1.35. The molecule has 0 saturated heterocycles. The zero-order chi connectivity index (χ0) is 12.6. The standard InChI is InChI=1S/C9H15NO5S/c1-16-4-2-3-7(11)10-6(9(14)15)5-8(12)13/h6H,2-5H2,1H3,(H,10,11)(H,12,13)(H,14,15). The number of carbonyl (C=O) groups is 3. The first-order valence-electron chi connectivity index (χ1n) is 4.70. The molecule has 0 heterocycles. The van der Waals surface area contributed by atoms with Gasteiger partial charge in [-0.25, -0.2) is 4.79 Å². The second-order valence-corrected chi connectivity index (χ2v) is 4.14. The average Bonchev–Trinajstić information content (AvgIpc) is 2.16. The summed E-state index contributed by atoms with van der Waals surface area (Å²) < 4.78 is 0. The van der Waals surface area contributed by atoms with Crippen molar-refractivity contribution in [3.05, 3.63) is 0 Å². The number of amides is 1. The van der Waals surface area contributed by atoms with Gasteiger partial charge < -0.3 is 15.5 Å². The molecular formula is C9H15NO5S. The Bertz CT molecular complexity index is 269. The molecular weight excluding hydrogens is 234 g/mol. The van der Waals surface area contributed by atoms with Crippen LogP contribution in [0.4, 0.5) is 0 Å². The quantitative estimate of drug-likeness (QED) is 0.530. The Morgan fingerprint density at radius 1 is 1.31 bits per heavy atom. The van der Waals surface area contributed by atoms with Gasteiger partial charge >= 0.3 is 11.9 Å². The van der Waals surface area contributed by atoms with Crippen LogP contribution in [0.15, 0.2) is 0 Å². The van der Waals surface area contributed by atoms with Crippen molar-refractivity contribution in [1.29, 1.82) is 0 Å². The Kier molecular flexibility index (Phi) is 7.36. The Morgan fingerprint density at radius 2 is 1.94 bits per heavy atom. The predicted molar refractivity (Wildman–Crippen MR) is 59.4 cm³/mol. The fourth-order valence-electron chi connectivity index (χ4n) is 1.02. The summed E-state index contributed by atoms with van der Waals surface area (Å²) in [6.07, 6.45) is 2.16. The number of thioether (sulfide) groups is 1. The highest BCUT2D eigenvalue weighted by atomic mass is 32.2. The SMILES string of the molecule is CSCCCC(=O)NC(CC(=O)O)C(=O)O. The molecule has 0 fully saturated rings. The molecule has 0 aromatic heterocycles. The predicted octanol–water partition coefficient (Wildman–Crippen LogP) is 0.174. The highest BCUT2D eigenvalue weighted by molar-refractivity contribution is 7.98. The minimum Gasteiger partial charge on any atom is -0.481 e. The Balaban J connectivity index is 4.03. The van der Waals surface area contributed by atoms with Crippen LogP contribution in [0, 0.1) is 0 Å². The van der Waals surface area contributed by atoms with E-state index in [1.165, 1.54) is 0 Å². The normalized spacial score (nSPS) is 11.8. The zero-order valence-corrected chi connectivity index (χ0v) is 9.75. The molecule has 0 aromatic rings. The van der Waals surface area contributed by atoms with Gasteiger partial charge in [-0.3, -0.25) is 9.59 Å². The lowest BCUT2D eigenvalue weighted by molar-refractivity contribution is -0.147. The molecule has 0 rings (SSSR count). The van der Waals surface area contributed by atoms with Gasteiger partial charge in [-0.1, -0.05) is 0 Å². The number of rotatable bonds is 8. The molecule has 0 aliphatic carbocycles. The van der Waals surface area contributed by atoms with Crippen LogP contribution in [0.2, 0.25) is 0 Å². The average molecular weight is 249 g/mol. The van der Waals surface area contributed by atoms with Crippen molar-refractivity contribution < 1.29 is 24.6 Å². The zero-order valence-electron chi connectivity index (χ0n) is 8.93. The monoisotopic (exact) mass is 249 g/mol. The van der Waals surface area contributed by atoms with Crippen molar-refractivity contribution in [1.82, 2.24) is 5.32 Å². The van der Waals surface area contributed by atoms with Crippen LogP contribution in [-0.2, 0) is 14.4 Å². The summed E-state index contributed by atoms with van der Waals surface area (Å²) in [7, 11) is 0. The van der Waals surface area contributed by atoms with Gasteiger partial charge in [0.25, 0.3) is 0 Å². The van der Waals surface area contributed by atoms with Gasteiger partial charge in [0.05, 0.1) is 6.42 Å². The number of carbonyl (C=O) groups excluding carboxylic acids is 1.